The summed E-state index contributed by atoms with van der Waals surface area (Å²) >= 11 is 4.79. The molecule has 0 saturated heterocycles. The summed E-state index contributed by atoms with van der Waals surface area (Å²) in [6.45, 7) is 0.879. The van der Waals surface area contributed by atoms with E-state index in [1.54, 1.807) is 13.0 Å². The summed E-state index contributed by atoms with van der Waals surface area (Å²) in [4.78, 5) is 9.32. The largest absolute Gasteiger partial charge is 0.395 e. The number of rotatable bonds is 6. The molecule has 0 unspecified atom stereocenters. The highest BCUT2D eigenvalue weighted by atomic mass is 32.1. The number of aryl methyl sites for hydroxylation is 1. The fourth-order valence-electron chi connectivity index (χ4n) is 1.38. The van der Waals surface area contributed by atoms with Gasteiger partial charge in [-0.25, -0.2) is 18.7 Å². The first kappa shape index (κ1) is 14.7. The van der Waals surface area contributed by atoms with Crippen LogP contribution in [0.3, 0.4) is 0 Å². The van der Waals surface area contributed by atoms with Crippen molar-refractivity contribution in [1.29, 1.82) is 0 Å². The van der Waals surface area contributed by atoms with Crippen molar-refractivity contribution >= 4 is 23.2 Å². The van der Waals surface area contributed by atoms with Crippen molar-refractivity contribution in [2.45, 2.75) is 13.3 Å². The van der Waals surface area contributed by atoms with Gasteiger partial charge in [0.1, 0.15) is 10.7 Å². The van der Waals surface area contributed by atoms with Crippen LogP contribution in [0.4, 0.5) is 14.7 Å². The predicted molar refractivity (Wildman–Crippen MR) is 68.0 cm³/mol. The first-order chi connectivity index (χ1) is 8.43. The first-order valence-corrected chi connectivity index (χ1v) is 5.64. The van der Waals surface area contributed by atoms with Gasteiger partial charge in [0.2, 0.25) is 5.95 Å². The standard InChI is InChI=1S/C10H14F2N4OS/c1-6-4-7(9(13)18)15-10(14-6)16(2-3-17)5-8(11)12/h4,8,17H,2-3,5H2,1H3,(H2,13,18). The summed E-state index contributed by atoms with van der Waals surface area (Å²) in [6, 6.07) is 1.57. The highest BCUT2D eigenvalue weighted by molar-refractivity contribution is 7.80. The summed E-state index contributed by atoms with van der Waals surface area (Å²) in [7, 11) is 0. The third kappa shape index (κ3) is 4.11. The zero-order chi connectivity index (χ0) is 13.7. The van der Waals surface area contributed by atoms with Gasteiger partial charge < -0.3 is 15.7 Å². The van der Waals surface area contributed by atoms with Crippen molar-refractivity contribution < 1.29 is 13.9 Å². The van der Waals surface area contributed by atoms with Crippen LogP contribution >= 0.6 is 12.2 Å². The SMILES string of the molecule is Cc1cc(C(N)=S)nc(N(CCO)CC(F)F)n1. The van der Waals surface area contributed by atoms with Crippen molar-refractivity contribution in [1.82, 2.24) is 9.97 Å². The second-order valence-corrected chi connectivity index (χ2v) is 4.06. The van der Waals surface area contributed by atoms with Crippen molar-refractivity contribution in [3.63, 3.8) is 0 Å². The van der Waals surface area contributed by atoms with Gasteiger partial charge in [0, 0.05) is 12.2 Å². The van der Waals surface area contributed by atoms with Gasteiger partial charge in [-0.15, -0.1) is 0 Å². The van der Waals surface area contributed by atoms with E-state index in [9.17, 15) is 8.78 Å². The van der Waals surface area contributed by atoms with Crippen molar-refractivity contribution in [2.75, 3.05) is 24.6 Å². The van der Waals surface area contributed by atoms with Crippen LogP contribution in [0.2, 0.25) is 0 Å². The summed E-state index contributed by atoms with van der Waals surface area (Å²) in [5, 5.41) is 8.87. The Bertz CT molecular complexity index is 430. The van der Waals surface area contributed by atoms with Gasteiger partial charge in [0.15, 0.2) is 0 Å². The van der Waals surface area contributed by atoms with Crippen LogP contribution in [0.25, 0.3) is 0 Å². The van der Waals surface area contributed by atoms with Gasteiger partial charge in [0.05, 0.1) is 13.2 Å². The molecule has 0 aromatic carbocycles. The van der Waals surface area contributed by atoms with E-state index in [1.807, 2.05) is 0 Å². The van der Waals surface area contributed by atoms with Gasteiger partial charge in [0.25, 0.3) is 6.43 Å². The topological polar surface area (TPSA) is 75.3 Å². The molecule has 0 bridgehead atoms. The number of nitrogens with zero attached hydrogens (tertiary/aromatic N) is 3. The minimum absolute atomic E-state index is 0.0184. The molecule has 1 heterocycles. The molecule has 0 aliphatic rings. The third-order valence-electron chi connectivity index (χ3n) is 2.11. The lowest BCUT2D eigenvalue weighted by Crippen LogP contribution is -2.33. The Morgan fingerprint density at radius 2 is 2.22 bits per heavy atom. The van der Waals surface area contributed by atoms with Crippen LogP contribution in [0.5, 0.6) is 0 Å². The number of anilines is 1. The molecule has 0 aliphatic carbocycles. The average Bonchev–Trinajstić information content (AvgIpc) is 2.27. The van der Waals surface area contributed by atoms with E-state index in [1.165, 1.54) is 4.90 Å². The number of thiocarbonyl (C=S) groups is 1. The Morgan fingerprint density at radius 1 is 1.56 bits per heavy atom. The molecule has 1 aromatic heterocycles. The summed E-state index contributed by atoms with van der Waals surface area (Å²) < 4.78 is 24.8. The third-order valence-corrected chi connectivity index (χ3v) is 2.32. The minimum atomic E-state index is -2.55. The Morgan fingerprint density at radius 3 is 2.72 bits per heavy atom. The van der Waals surface area contributed by atoms with Gasteiger partial charge in [-0.3, -0.25) is 0 Å². The van der Waals surface area contributed by atoms with E-state index in [0.717, 1.165) is 0 Å². The molecule has 8 heteroatoms. The lowest BCUT2D eigenvalue weighted by atomic mass is 10.3. The van der Waals surface area contributed by atoms with Crippen LogP contribution in [-0.4, -0.2) is 46.2 Å². The zero-order valence-electron chi connectivity index (χ0n) is 9.81. The monoisotopic (exact) mass is 276 g/mol. The number of alkyl halides is 2. The number of aliphatic hydroxyl groups is 1. The fourth-order valence-corrected chi connectivity index (χ4v) is 1.49. The zero-order valence-corrected chi connectivity index (χ0v) is 10.6. The predicted octanol–water partition coefficient (Wildman–Crippen LogP) is 0.483. The number of hydrogen-bond acceptors (Lipinski definition) is 5. The number of hydrogen-bond donors (Lipinski definition) is 2. The van der Waals surface area contributed by atoms with E-state index in [2.05, 4.69) is 9.97 Å². The second kappa shape index (κ2) is 6.50. The fraction of sp³-hybridized carbons (Fsp3) is 0.500. The Kier molecular flexibility index (Phi) is 5.29. The molecular weight excluding hydrogens is 262 g/mol. The Labute approximate surface area is 109 Å². The van der Waals surface area contributed by atoms with Crippen LogP contribution in [0, 0.1) is 6.92 Å². The van der Waals surface area contributed by atoms with Crippen LogP contribution in [0.15, 0.2) is 6.07 Å². The first-order valence-electron chi connectivity index (χ1n) is 5.23. The second-order valence-electron chi connectivity index (χ2n) is 3.62. The molecule has 5 nitrogen and oxygen atoms in total. The van der Waals surface area contributed by atoms with Crippen molar-refractivity contribution in [3.05, 3.63) is 17.5 Å². The van der Waals surface area contributed by atoms with Crippen LogP contribution < -0.4 is 10.6 Å². The average molecular weight is 276 g/mol. The van der Waals surface area contributed by atoms with E-state index in [4.69, 9.17) is 23.1 Å². The van der Waals surface area contributed by atoms with Crippen LogP contribution in [0.1, 0.15) is 11.4 Å². The molecule has 1 rings (SSSR count). The molecule has 0 spiro atoms. The molecule has 0 fully saturated rings. The minimum Gasteiger partial charge on any atom is -0.395 e. The van der Waals surface area contributed by atoms with Gasteiger partial charge >= 0.3 is 0 Å². The van der Waals surface area contributed by atoms with Crippen molar-refractivity contribution in [3.8, 4) is 0 Å². The normalized spacial score (nSPS) is 10.7. The maximum absolute atomic E-state index is 12.4. The molecular formula is C10H14F2N4OS. The molecule has 0 amide bonds. The number of aliphatic hydroxyl groups excluding tert-OH is 1. The molecule has 0 radical (unpaired) electrons. The maximum Gasteiger partial charge on any atom is 0.255 e. The Hall–Kier alpha value is -1.41. The summed E-state index contributed by atoms with van der Waals surface area (Å²) in [6.07, 6.45) is -2.55. The molecule has 0 saturated carbocycles. The smallest absolute Gasteiger partial charge is 0.255 e. The molecule has 3 N–H and O–H groups in total. The van der Waals surface area contributed by atoms with Crippen molar-refractivity contribution in [2.24, 2.45) is 5.73 Å². The lowest BCUT2D eigenvalue weighted by molar-refractivity contribution is 0.152. The van der Waals surface area contributed by atoms with E-state index < -0.39 is 13.0 Å². The number of nitrogens with two attached hydrogens (primary N) is 1. The molecule has 0 aliphatic heterocycles. The maximum atomic E-state index is 12.4. The van der Waals surface area contributed by atoms with E-state index in [-0.39, 0.29) is 24.1 Å². The highest BCUT2D eigenvalue weighted by Crippen LogP contribution is 2.12. The van der Waals surface area contributed by atoms with E-state index in [0.29, 0.717) is 11.4 Å². The molecule has 100 valence electrons. The molecule has 18 heavy (non-hydrogen) atoms. The van der Waals surface area contributed by atoms with E-state index >= 15 is 0 Å². The number of aromatic nitrogens is 2. The quantitative estimate of drug-likeness (QED) is 0.736. The lowest BCUT2D eigenvalue weighted by Gasteiger charge is -2.21. The molecule has 1 aromatic rings. The van der Waals surface area contributed by atoms with Gasteiger partial charge in [-0.1, -0.05) is 12.2 Å². The number of halogens is 2. The highest BCUT2D eigenvalue weighted by Gasteiger charge is 2.16. The van der Waals surface area contributed by atoms with Gasteiger partial charge in [-0.2, -0.15) is 0 Å². The molecule has 0 atom stereocenters. The Balaban J connectivity index is 3.06. The summed E-state index contributed by atoms with van der Waals surface area (Å²) in [5.74, 6) is 0.0900. The summed E-state index contributed by atoms with van der Waals surface area (Å²) in [5.41, 5.74) is 6.35. The van der Waals surface area contributed by atoms with Gasteiger partial charge in [-0.05, 0) is 13.0 Å². The van der Waals surface area contributed by atoms with Crippen LogP contribution in [-0.2, 0) is 0 Å².